The van der Waals surface area contributed by atoms with Crippen molar-refractivity contribution in [2.45, 2.75) is 26.0 Å². The molecule has 1 atom stereocenters. The van der Waals surface area contributed by atoms with Crippen LogP contribution in [0.1, 0.15) is 30.5 Å². The Morgan fingerprint density at radius 2 is 1.81 bits per heavy atom. The van der Waals surface area contributed by atoms with Crippen LogP contribution in [0.4, 0.5) is 4.79 Å². The van der Waals surface area contributed by atoms with Crippen LogP contribution in [-0.2, 0) is 11.3 Å². The largest absolute Gasteiger partial charge is 0.508 e. The van der Waals surface area contributed by atoms with Crippen LogP contribution in [0.15, 0.2) is 54.6 Å². The molecule has 0 aliphatic carbocycles. The Kier molecular flexibility index (Phi) is 5.21. The Morgan fingerprint density at radius 3 is 2.48 bits per heavy atom. The highest BCUT2D eigenvalue weighted by Crippen LogP contribution is 2.25. The van der Waals surface area contributed by atoms with Crippen molar-refractivity contribution in [1.29, 1.82) is 0 Å². The summed E-state index contributed by atoms with van der Waals surface area (Å²) >= 11 is 0. The predicted octanol–water partition coefficient (Wildman–Crippen LogP) is 3.77. The maximum absolute atomic E-state index is 11.9. The summed E-state index contributed by atoms with van der Waals surface area (Å²) in [4.78, 5) is 11.9. The molecule has 2 aromatic carbocycles. The minimum Gasteiger partial charge on any atom is -0.508 e. The van der Waals surface area contributed by atoms with Gasteiger partial charge in [0.15, 0.2) is 0 Å². The quantitative estimate of drug-likeness (QED) is 0.879. The first-order valence-corrected chi connectivity index (χ1v) is 6.95. The van der Waals surface area contributed by atoms with E-state index in [1.165, 1.54) is 0 Å². The van der Waals surface area contributed by atoms with E-state index in [1.807, 2.05) is 43.3 Å². The van der Waals surface area contributed by atoms with Gasteiger partial charge in [0.1, 0.15) is 12.4 Å². The second kappa shape index (κ2) is 7.33. The standard InChI is InChI=1S/C17H19NO3/c1-2-15(14-10-6-7-11-16(14)19)18-17(20)21-12-13-8-4-3-5-9-13/h3-11,15,19H,2,12H2,1H3,(H,18,20)/t15-/m0/s1. The third kappa shape index (κ3) is 4.24. The zero-order valence-corrected chi connectivity index (χ0v) is 12.0. The molecule has 0 radical (unpaired) electrons. The fraction of sp³-hybridized carbons (Fsp3) is 0.235. The molecule has 0 heterocycles. The van der Waals surface area contributed by atoms with Crippen molar-refractivity contribution in [3.8, 4) is 5.75 Å². The molecule has 0 saturated carbocycles. The van der Waals surface area contributed by atoms with Gasteiger partial charge in [0.25, 0.3) is 0 Å². The van der Waals surface area contributed by atoms with Gasteiger partial charge in [-0.3, -0.25) is 0 Å². The highest BCUT2D eigenvalue weighted by Gasteiger charge is 2.16. The lowest BCUT2D eigenvalue weighted by Gasteiger charge is -2.18. The SMILES string of the molecule is CC[C@H](NC(=O)OCc1ccccc1)c1ccccc1O. The highest BCUT2D eigenvalue weighted by atomic mass is 16.5. The summed E-state index contributed by atoms with van der Waals surface area (Å²) in [5.74, 6) is 0.174. The Balaban J connectivity index is 1.93. The first-order chi connectivity index (χ1) is 10.2. The van der Waals surface area contributed by atoms with E-state index in [0.29, 0.717) is 12.0 Å². The van der Waals surface area contributed by atoms with Gasteiger partial charge in [-0.1, -0.05) is 55.5 Å². The predicted molar refractivity (Wildman–Crippen MR) is 80.9 cm³/mol. The molecular formula is C17H19NO3. The molecule has 0 aliphatic rings. The molecule has 4 nitrogen and oxygen atoms in total. The van der Waals surface area contributed by atoms with E-state index < -0.39 is 6.09 Å². The van der Waals surface area contributed by atoms with Crippen molar-refractivity contribution in [3.05, 3.63) is 65.7 Å². The molecular weight excluding hydrogens is 266 g/mol. The van der Waals surface area contributed by atoms with Gasteiger partial charge in [-0.05, 0) is 18.1 Å². The number of phenolic OH excluding ortho intramolecular Hbond substituents is 1. The fourth-order valence-corrected chi connectivity index (χ4v) is 2.09. The number of carbonyl (C=O) groups excluding carboxylic acids is 1. The topological polar surface area (TPSA) is 58.6 Å². The lowest BCUT2D eigenvalue weighted by Crippen LogP contribution is -2.28. The molecule has 0 aliphatic heterocycles. The summed E-state index contributed by atoms with van der Waals surface area (Å²) in [7, 11) is 0. The average molecular weight is 285 g/mol. The second-order valence-corrected chi connectivity index (χ2v) is 4.73. The first-order valence-electron chi connectivity index (χ1n) is 6.95. The van der Waals surface area contributed by atoms with Gasteiger partial charge in [0, 0.05) is 5.56 Å². The van der Waals surface area contributed by atoms with Gasteiger partial charge < -0.3 is 15.2 Å². The van der Waals surface area contributed by atoms with Gasteiger partial charge in [0.2, 0.25) is 0 Å². The van der Waals surface area contributed by atoms with Crippen LogP contribution in [0.2, 0.25) is 0 Å². The number of hydrogen-bond donors (Lipinski definition) is 2. The third-order valence-electron chi connectivity index (χ3n) is 3.23. The van der Waals surface area contributed by atoms with Gasteiger partial charge in [-0.25, -0.2) is 4.79 Å². The molecule has 2 aromatic rings. The number of alkyl carbamates (subject to hydrolysis) is 1. The molecule has 0 bridgehead atoms. The molecule has 0 unspecified atom stereocenters. The van der Waals surface area contributed by atoms with E-state index in [2.05, 4.69) is 5.32 Å². The molecule has 0 spiro atoms. The van der Waals surface area contributed by atoms with Crippen molar-refractivity contribution >= 4 is 6.09 Å². The van der Waals surface area contributed by atoms with Crippen LogP contribution in [0.3, 0.4) is 0 Å². The summed E-state index contributed by atoms with van der Waals surface area (Å²) in [5, 5.41) is 12.6. The monoisotopic (exact) mass is 285 g/mol. The molecule has 21 heavy (non-hydrogen) atoms. The van der Waals surface area contributed by atoms with E-state index in [4.69, 9.17) is 4.74 Å². The van der Waals surface area contributed by atoms with Crippen molar-refractivity contribution < 1.29 is 14.6 Å². The number of amides is 1. The van der Waals surface area contributed by atoms with Crippen LogP contribution < -0.4 is 5.32 Å². The van der Waals surface area contributed by atoms with Crippen molar-refractivity contribution in [1.82, 2.24) is 5.32 Å². The number of nitrogens with one attached hydrogen (secondary N) is 1. The number of phenols is 1. The fourth-order valence-electron chi connectivity index (χ4n) is 2.09. The van der Waals surface area contributed by atoms with Gasteiger partial charge >= 0.3 is 6.09 Å². The van der Waals surface area contributed by atoms with Crippen LogP contribution in [-0.4, -0.2) is 11.2 Å². The number of benzene rings is 2. The summed E-state index contributed by atoms with van der Waals surface area (Å²) in [6.45, 7) is 2.17. The number of carbonyl (C=O) groups is 1. The molecule has 0 fully saturated rings. The lowest BCUT2D eigenvalue weighted by molar-refractivity contribution is 0.135. The van der Waals surface area contributed by atoms with Crippen LogP contribution >= 0.6 is 0 Å². The second-order valence-electron chi connectivity index (χ2n) is 4.73. The molecule has 0 saturated heterocycles. The first kappa shape index (κ1) is 14.9. The maximum atomic E-state index is 11.9. The number of hydrogen-bond acceptors (Lipinski definition) is 3. The Hall–Kier alpha value is -2.49. The zero-order valence-electron chi connectivity index (χ0n) is 12.0. The van der Waals surface area contributed by atoms with E-state index in [1.54, 1.807) is 18.2 Å². The minimum atomic E-state index is -0.492. The summed E-state index contributed by atoms with van der Waals surface area (Å²) < 4.78 is 5.19. The molecule has 2 rings (SSSR count). The van der Waals surface area contributed by atoms with Gasteiger partial charge in [0.05, 0.1) is 6.04 Å². The highest BCUT2D eigenvalue weighted by molar-refractivity contribution is 5.68. The van der Waals surface area contributed by atoms with Crippen molar-refractivity contribution in [2.24, 2.45) is 0 Å². The molecule has 0 aromatic heterocycles. The van der Waals surface area contributed by atoms with Gasteiger partial charge in [-0.15, -0.1) is 0 Å². The van der Waals surface area contributed by atoms with E-state index in [0.717, 1.165) is 5.56 Å². The summed E-state index contributed by atoms with van der Waals surface area (Å²) in [5.41, 5.74) is 1.62. The Labute approximate surface area is 124 Å². The lowest BCUT2D eigenvalue weighted by atomic mass is 10.0. The molecule has 1 amide bonds. The van der Waals surface area contributed by atoms with E-state index >= 15 is 0 Å². The van der Waals surface area contributed by atoms with Crippen molar-refractivity contribution in [3.63, 3.8) is 0 Å². The van der Waals surface area contributed by atoms with E-state index in [-0.39, 0.29) is 18.4 Å². The number of ether oxygens (including phenoxy) is 1. The maximum Gasteiger partial charge on any atom is 0.407 e. The molecule has 110 valence electrons. The molecule has 2 N–H and O–H groups in total. The van der Waals surface area contributed by atoms with Gasteiger partial charge in [-0.2, -0.15) is 0 Å². The van der Waals surface area contributed by atoms with E-state index in [9.17, 15) is 9.90 Å². The zero-order chi connectivity index (χ0) is 15.1. The average Bonchev–Trinajstić information content (AvgIpc) is 2.52. The van der Waals surface area contributed by atoms with Crippen LogP contribution in [0.25, 0.3) is 0 Å². The van der Waals surface area contributed by atoms with Crippen LogP contribution in [0, 0.1) is 0 Å². The molecule has 4 heteroatoms. The van der Waals surface area contributed by atoms with Crippen molar-refractivity contribution in [2.75, 3.05) is 0 Å². The smallest absolute Gasteiger partial charge is 0.407 e. The summed E-state index contributed by atoms with van der Waals surface area (Å²) in [6.07, 6.45) is 0.173. The Morgan fingerprint density at radius 1 is 1.14 bits per heavy atom. The number of para-hydroxylation sites is 1. The minimum absolute atomic E-state index is 0.174. The third-order valence-corrected chi connectivity index (χ3v) is 3.23. The van der Waals surface area contributed by atoms with Crippen LogP contribution in [0.5, 0.6) is 5.75 Å². The Bertz CT molecular complexity index is 584. The number of aromatic hydroxyl groups is 1. The number of rotatable bonds is 5. The summed E-state index contributed by atoms with van der Waals surface area (Å²) in [6, 6.07) is 16.2. The normalized spacial score (nSPS) is 11.7.